The normalized spacial score (nSPS) is 11.6. The van der Waals surface area contributed by atoms with Gasteiger partial charge in [0.1, 0.15) is 0 Å². The van der Waals surface area contributed by atoms with Crippen LogP contribution in [0.2, 0.25) is 10.0 Å². The van der Waals surface area contributed by atoms with Crippen molar-refractivity contribution >= 4 is 23.2 Å². The van der Waals surface area contributed by atoms with E-state index in [0.717, 1.165) is 36.9 Å². The van der Waals surface area contributed by atoms with E-state index in [2.05, 4.69) is 30.4 Å². The Hall–Kier alpha value is -4.82. The Kier molecular flexibility index (Phi) is 8.65. The minimum absolute atomic E-state index is 0.0782. The Morgan fingerprint density at radius 2 is 1.00 bits per heavy atom. The van der Waals surface area contributed by atoms with E-state index in [1.807, 2.05) is 0 Å². The van der Waals surface area contributed by atoms with Crippen LogP contribution in [-0.4, -0.2) is 30.4 Å². The lowest BCUT2D eigenvalue weighted by atomic mass is 10.1. The summed E-state index contributed by atoms with van der Waals surface area (Å²) in [6.45, 7) is 0. The summed E-state index contributed by atoms with van der Waals surface area (Å²) in [6.07, 6.45) is -4.88. The molecule has 4 aromatic heterocycles. The summed E-state index contributed by atoms with van der Waals surface area (Å²) in [4.78, 5) is 7.37. The molecule has 0 unspecified atom stereocenters. The van der Waals surface area contributed by atoms with Gasteiger partial charge in [0.05, 0.1) is 22.3 Å². The number of nitrogens with zero attached hydrogens (tertiary/aromatic N) is 6. The Morgan fingerprint density at radius 1 is 0.523 bits per heavy atom. The number of hydrogen-bond donors (Lipinski definition) is 0. The van der Waals surface area contributed by atoms with Crippen LogP contribution in [0.5, 0.6) is 0 Å². The van der Waals surface area contributed by atoms with Crippen molar-refractivity contribution in [3.05, 3.63) is 107 Å². The molecule has 0 aliphatic carbocycles. The van der Waals surface area contributed by atoms with Gasteiger partial charge in [0, 0.05) is 46.0 Å². The molecule has 0 radical (unpaired) electrons. The van der Waals surface area contributed by atoms with Gasteiger partial charge in [-0.1, -0.05) is 29.3 Å². The fourth-order valence-corrected chi connectivity index (χ4v) is 4.05. The molecule has 0 aliphatic heterocycles. The standard InChI is InChI=1S/2C14H7ClF3N3O/c15-9-3-1-8(2-4-9)12-20-21-13(22-12)10-7-19-6-5-11(10)14(16,17)18;15-9-3-1-2-8(6-9)12-20-21-13(22-12)10-7-19-5-4-11(10)14(16,17)18/h2*1-7H. The maximum absolute atomic E-state index is 13.0. The molecule has 0 saturated heterocycles. The monoisotopic (exact) mass is 650 g/mol. The Labute approximate surface area is 253 Å². The third kappa shape index (κ3) is 7.03. The average molecular weight is 651 g/mol. The molecule has 224 valence electrons. The first-order chi connectivity index (χ1) is 20.9. The second-order valence-corrected chi connectivity index (χ2v) is 9.55. The van der Waals surface area contributed by atoms with Crippen molar-refractivity contribution in [3.63, 3.8) is 0 Å². The number of halogens is 8. The Bertz CT molecular complexity index is 1890. The van der Waals surface area contributed by atoms with Crippen LogP contribution in [0.15, 0.2) is 94.3 Å². The van der Waals surface area contributed by atoms with Crippen LogP contribution in [0.3, 0.4) is 0 Å². The summed E-state index contributed by atoms with van der Waals surface area (Å²) >= 11 is 11.6. The molecule has 2 aromatic carbocycles. The van der Waals surface area contributed by atoms with Gasteiger partial charge in [-0.25, -0.2) is 0 Å². The van der Waals surface area contributed by atoms with Gasteiger partial charge < -0.3 is 8.83 Å². The quantitative estimate of drug-likeness (QED) is 0.174. The molecule has 0 atom stereocenters. The van der Waals surface area contributed by atoms with Gasteiger partial charge in [0.15, 0.2) is 0 Å². The fourth-order valence-electron chi connectivity index (χ4n) is 3.74. The number of alkyl halides is 6. The predicted octanol–water partition coefficient (Wildman–Crippen LogP) is 8.94. The van der Waals surface area contributed by atoms with E-state index in [-0.39, 0.29) is 34.7 Å². The summed E-state index contributed by atoms with van der Waals surface area (Å²) in [5.41, 5.74) is -1.22. The maximum Gasteiger partial charge on any atom is 0.417 e. The average Bonchev–Trinajstić information content (AvgIpc) is 3.68. The van der Waals surface area contributed by atoms with Gasteiger partial charge in [-0.3, -0.25) is 9.97 Å². The summed E-state index contributed by atoms with van der Waals surface area (Å²) in [5.74, 6) is -0.320. The van der Waals surface area contributed by atoms with Gasteiger partial charge in [-0.15, -0.1) is 20.4 Å². The first-order valence-electron chi connectivity index (χ1n) is 12.1. The van der Waals surface area contributed by atoms with E-state index >= 15 is 0 Å². The second kappa shape index (κ2) is 12.4. The van der Waals surface area contributed by atoms with Crippen molar-refractivity contribution in [3.8, 4) is 45.8 Å². The highest BCUT2D eigenvalue weighted by Crippen LogP contribution is 2.38. The van der Waals surface area contributed by atoms with Crippen LogP contribution in [0.4, 0.5) is 26.3 Å². The van der Waals surface area contributed by atoms with Crippen LogP contribution in [-0.2, 0) is 12.4 Å². The van der Waals surface area contributed by atoms with Crippen LogP contribution < -0.4 is 0 Å². The first-order valence-corrected chi connectivity index (χ1v) is 12.9. The lowest BCUT2D eigenvalue weighted by Gasteiger charge is -2.08. The SMILES string of the molecule is FC(F)(F)c1ccncc1-c1nnc(-c2ccc(Cl)cc2)o1.FC(F)(F)c1ccncc1-c1nnc(-c2cccc(Cl)c2)o1. The van der Waals surface area contributed by atoms with E-state index in [9.17, 15) is 26.3 Å². The van der Waals surface area contributed by atoms with E-state index in [1.165, 1.54) is 0 Å². The third-order valence-corrected chi connectivity index (χ3v) is 6.21. The topological polar surface area (TPSA) is 104 Å². The van der Waals surface area contributed by atoms with E-state index < -0.39 is 23.5 Å². The predicted molar refractivity (Wildman–Crippen MR) is 146 cm³/mol. The van der Waals surface area contributed by atoms with Gasteiger partial charge in [-0.2, -0.15) is 26.3 Å². The molecule has 0 N–H and O–H groups in total. The van der Waals surface area contributed by atoms with Gasteiger partial charge in [0.25, 0.3) is 0 Å². The van der Waals surface area contributed by atoms with Crippen molar-refractivity contribution < 1.29 is 35.2 Å². The highest BCUT2D eigenvalue weighted by atomic mass is 35.5. The van der Waals surface area contributed by atoms with Crippen molar-refractivity contribution in [1.29, 1.82) is 0 Å². The molecule has 4 heterocycles. The fraction of sp³-hybridized carbons (Fsp3) is 0.0714. The molecule has 44 heavy (non-hydrogen) atoms. The number of rotatable bonds is 4. The molecule has 0 saturated carbocycles. The number of aromatic nitrogens is 6. The molecular formula is C28H14Cl2F6N6O2. The highest BCUT2D eigenvalue weighted by molar-refractivity contribution is 6.31. The van der Waals surface area contributed by atoms with E-state index in [1.54, 1.807) is 48.5 Å². The smallest absolute Gasteiger partial charge is 0.416 e. The first kappa shape index (κ1) is 30.6. The van der Waals surface area contributed by atoms with Crippen molar-refractivity contribution in [2.45, 2.75) is 12.4 Å². The van der Waals surface area contributed by atoms with Gasteiger partial charge >= 0.3 is 12.4 Å². The molecule has 6 aromatic rings. The van der Waals surface area contributed by atoms with Crippen molar-refractivity contribution in [2.75, 3.05) is 0 Å². The highest BCUT2D eigenvalue weighted by Gasteiger charge is 2.36. The minimum Gasteiger partial charge on any atom is -0.416 e. The van der Waals surface area contributed by atoms with Crippen molar-refractivity contribution in [2.24, 2.45) is 0 Å². The number of hydrogen-bond acceptors (Lipinski definition) is 8. The zero-order valence-electron chi connectivity index (χ0n) is 21.6. The zero-order chi connectivity index (χ0) is 31.5. The van der Waals surface area contributed by atoms with Crippen LogP contribution in [0.25, 0.3) is 45.8 Å². The molecule has 0 fully saturated rings. The number of benzene rings is 2. The molecule has 6 rings (SSSR count). The molecule has 0 bridgehead atoms. The molecule has 16 heteroatoms. The Balaban J connectivity index is 0.000000175. The maximum atomic E-state index is 13.0. The summed E-state index contributed by atoms with van der Waals surface area (Å²) < 4.78 is 88.5. The van der Waals surface area contributed by atoms with Crippen LogP contribution in [0, 0.1) is 0 Å². The van der Waals surface area contributed by atoms with Gasteiger partial charge in [0.2, 0.25) is 23.6 Å². The van der Waals surface area contributed by atoms with Crippen LogP contribution in [0.1, 0.15) is 11.1 Å². The largest absolute Gasteiger partial charge is 0.417 e. The van der Waals surface area contributed by atoms with E-state index in [0.29, 0.717) is 21.2 Å². The third-order valence-electron chi connectivity index (χ3n) is 5.73. The lowest BCUT2D eigenvalue weighted by Crippen LogP contribution is -2.07. The molecular weight excluding hydrogens is 637 g/mol. The van der Waals surface area contributed by atoms with E-state index in [4.69, 9.17) is 32.0 Å². The molecule has 0 spiro atoms. The number of pyridine rings is 2. The van der Waals surface area contributed by atoms with Crippen molar-refractivity contribution in [1.82, 2.24) is 30.4 Å². The summed E-state index contributed by atoms with van der Waals surface area (Å²) in [5, 5.41) is 15.8. The Morgan fingerprint density at radius 3 is 1.48 bits per heavy atom. The molecule has 0 aliphatic rings. The second-order valence-electron chi connectivity index (χ2n) is 8.68. The lowest BCUT2D eigenvalue weighted by molar-refractivity contribution is -0.138. The minimum atomic E-state index is -4.54. The zero-order valence-corrected chi connectivity index (χ0v) is 23.1. The summed E-state index contributed by atoms with van der Waals surface area (Å²) in [6, 6.07) is 14.8. The molecule has 0 amide bonds. The van der Waals surface area contributed by atoms with Gasteiger partial charge in [-0.05, 0) is 54.6 Å². The molecule has 8 nitrogen and oxygen atoms in total. The van der Waals surface area contributed by atoms with Crippen LogP contribution >= 0.6 is 23.2 Å². The summed E-state index contributed by atoms with van der Waals surface area (Å²) in [7, 11) is 0.